The van der Waals surface area contributed by atoms with Crippen LogP contribution < -0.4 is 5.32 Å². The van der Waals surface area contributed by atoms with Gasteiger partial charge in [0.15, 0.2) is 0 Å². The van der Waals surface area contributed by atoms with Crippen LogP contribution in [-0.2, 0) is 13.1 Å². The van der Waals surface area contributed by atoms with E-state index in [-0.39, 0.29) is 0 Å². The highest BCUT2D eigenvalue weighted by molar-refractivity contribution is 5.05. The molecule has 0 aliphatic heterocycles. The van der Waals surface area contributed by atoms with Crippen molar-refractivity contribution in [3.63, 3.8) is 0 Å². The molecule has 2 rings (SSSR count). The summed E-state index contributed by atoms with van der Waals surface area (Å²) >= 11 is 0. The van der Waals surface area contributed by atoms with E-state index in [4.69, 9.17) is 4.52 Å². The number of aromatic nitrogens is 2. The molecule has 0 amide bonds. The summed E-state index contributed by atoms with van der Waals surface area (Å²) in [6.07, 6.45) is 1.91. The van der Waals surface area contributed by atoms with Gasteiger partial charge in [0.1, 0.15) is 5.76 Å². The van der Waals surface area contributed by atoms with Gasteiger partial charge in [-0.2, -0.15) is 0 Å². The molecule has 0 radical (unpaired) electrons. The molecule has 0 fully saturated rings. The monoisotopic (exact) mass is 191 g/mol. The fourth-order valence-electron chi connectivity index (χ4n) is 1.30. The number of rotatable bonds is 4. The van der Waals surface area contributed by atoms with Crippen LogP contribution in [-0.4, -0.2) is 10.1 Å². The molecule has 0 unspecified atom stereocenters. The van der Waals surface area contributed by atoms with Gasteiger partial charge in [0.05, 0.1) is 5.69 Å². The van der Waals surface area contributed by atoms with Crippen molar-refractivity contribution < 1.29 is 4.52 Å². The van der Waals surface area contributed by atoms with E-state index in [1.165, 1.54) is 5.69 Å². The lowest BCUT2D eigenvalue weighted by Crippen LogP contribution is -2.12. The highest BCUT2D eigenvalue weighted by Crippen LogP contribution is 2.01. The molecule has 0 spiro atoms. The number of H-pyrrole nitrogens is 1. The Balaban J connectivity index is 1.78. The number of hydrogen-bond donors (Lipinski definition) is 2. The lowest BCUT2D eigenvalue weighted by molar-refractivity contribution is 0.388. The van der Waals surface area contributed by atoms with E-state index < -0.39 is 0 Å². The summed E-state index contributed by atoms with van der Waals surface area (Å²) < 4.78 is 4.95. The number of aryl methyl sites for hydroxylation is 1. The zero-order valence-electron chi connectivity index (χ0n) is 8.08. The largest absolute Gasteiger partial charge is 0.364 e. The second-order valence-corrected chi connectivity index (χ2v) is 3.23. The Morgan fingerprint density at radius 1 is 1.50 bits per heavy atom. The topological polar surface area (TPSA) is 53.9 Å². The van der Waals surface area contributed by atoms with Crippen molar-refractivity contribution in [2.45, 2.75) is 20.0 Å². The lowest BCUT2D eigenvalue weighted by atomic mass is 10.3. The van der Waals surface area contributed by atoms with Crippen molar-refractivity contribution in [3.05, 3.63) is 41.5 Å². The minimum atomic E-state index is 0.732. The maximum absolute atomic E-state index is 4.95. The van der Waals surface area contributed by atoms with Crippen molar-refractivity contribution in [1.82, 2.24) is 15.5 Å². The van der Waals surface area contributed by atoms with Gasteiger partial charge in [0.25, 0.3) is 0 Å². The molecule has 2 aromatic rings. The highest BCUT2D eigenvalue weighted by atomic mass is 16.5. The second kappa shape index (κ2) is 4.11. The molecular weight excluding hydrogens is 178 g/mol. The Bertz CT molecular complexity index is 378. The summed E-state index contributed by atoms with van der Waals surface area (Å²) in [5.41, 5.74) is 2.11. The average molecular weight is 191 g/mol. The van der Waals surface area contributed by atoms with Gasteiger partial charge in [0, 0.05) is 31.0 Å². The lowest BCUT2D eigenvalue weighted by Gasteiger charge is -1.98. The van der Waals surface area contributed by atoms with Gasteiger partial charge < -0.3 is 14.8 Å². The number of nitrogens with one attached hydrogen (secondary N) is 2. The van der Waals surface area contributed by atoms with Gasteiger partial charge in [-0.3, -0.25) is 0 Å². The van der Waals surface area contributed by atoms with Gasteiger partial charge in [-0.1, -0.05) is 5.16 Å². The Kier molecular flexibility index (Phi) is 2.65. The van der Waals surface area contributed by atoms with E-state index in [0.717, 1.165) is 24.5 Å². The Labute approximate surface area is 82.3 Å². The van der Waals surface area contributed by atoms with Crippen molar-refractivity contribution in [2.75, 3.05) is 0 Å². The van der Waals surface area contributed by atoms with E-state index >= 15 is 0 Å². The minimum absolute atomic E-state index is 0.732. The molecule has 0 atom stereocenters. The van der Waals surface area contributed by atoms with E-state index in [1.54, 1.807) is 0 Å². The van der Waals surface area contributed by atoms with Crippen molar-refractivity contribution in [1.29, 1.82) is 0 Å². The molecule has 4 heteroatoms. The Morgan fingerprint density at radius 2 is 2.43 bits per heavy atom. The summed E-state index contributed by atoms with van der Waals surface area (Å²) in [6, 6.07) is 5.96. The normalized spacial score (nSPS) is 10.6. The van der Waals surface area contributed by atoms with Crippen molar-refractivity contribution in [3.8, 4) is 0 Å². The molecule has 4 nitrogen and oxygen atoms in total. The summed E-state index contributed by atoms with van der Waals surface area (Å²) in [7, 11) is 0. The number of hydrogen-bond acceptors (Lipinski definition) is 3. The first-order chi connectivity index (χ1) is 6.84. The summed E-state index contributed by atoms with van der Waals surface area (Å²) in [5.74, 6) is 0.849. The van der Waals surface area contributed by atoms with Crippen molar-refractivity contribution in [2.24, 2.45) is 0 Å². The molecule has 0 saturated heterocycles. The molecule has 74 valence electrons. The molecule has 0 saturated carbocycles. The maximum Gasteiger partial charge on any atom is 0.133 e. The molecule has 2 aromatic heterocycles. The smallest absolute Gasteiger partial charge is 0.133 e. The number of aromatic amines is 1. The predicted molar refractivity (Wildman–Crippen MR) is 52.6 cm³/mol. The first kappa shape index (κ1) is 9.02. The standard InChI is InChI=1S/C10H13N3O/c1-8-5-10(13-14-8)7-11-6-9-3-2-4-12-9/h2-5,11-12H,6-7H2,1H3. The summed E-state index contributed by atoms with van der Waals surface area (Å²) in [4.78, 5) is 3.12. The Morgan fingerprint density at radius 3 is 3.07 bits per heavy atom. The predicted octanol–water partition coefficient (Wildman–Crippen LogP) is 1.60. The highest BCUT2D eigenvalue weighted by Gasteiger charge is 1.99. The van der Waals surface area contributed by atoms with Gasteiger partial charge >= 0.3 is 0 Å². The van der Waals surface area contributed by atoms with Crippen LogP contribution in [0.2, 0.25) is 0 Å². The van der Waals surface area contributed by atoms with E-state index in [1.807, 2.05) is 31.3 Å². The van der Waals surface area contributed by atoms with Crippen LogP contribution in [0.25, 0.3) is 0 Å². The van der Waals surface area contributed by atoms with Gasteiger partial charge in [0.2, 0.25) is 0 Å². The van der Waals surface area contributed by atoms with E-state index in [9.17, 15) is 0 Å². The van der Waals surface area contributed by atoms with E-state index in [0.29, 0.717) is 0 Å². The average Bonchev–Trinajstić information content (AvgIpc) is 2.77. The van der Waals surface area contributed by atoms with Gasteiger partial charge in [-0.05, 0) is 19.1 Å². The van der Waals surface area contributed by atoms with E-state index in [2.05, 4.69) is 15.5 Å². The van der Waals surface area contributed by atoms with Crippen LogP contribution in [0.1, 0.15) is 17.1 Å². The fraction of sp³-hybridized carbons (Fsp3) is 0.300. The third kappa shape index (κ3) is 2.23. The van der Waals surface area contributed by atoms with Crippen LogP contribution in [0.3, 0.4) is 0 Å². The molecule has 2 heterocycles. The fourth-order valence-corrected chi connectivity index (χ4v) is 1.30. The number of nitrogens with zero attached hydrogens (tertiary/aromatic N) is 1. The molecule has 0 aliphatic rings. The van der Waals surface area contributed by atoms with Crippen LogP contribution in [0.4, 0.5) is 0 Å². The quantitative estimate of drug-likeness (QED) is 0.771. The third-order valence-electron chi connectivity index (χ3n) is 1.96. The van der Waals surface area contributed by atoms with Crippen molar-refractivity contribution >= 4 is 0 Å². The molecular formula is C10H13N3O. The first-order valence-electron chi connectivity index (χ1n) is 4.60. The van der Waals surface area contributed by atoms with Crippen LogP contribution in [0.5, 0.6) is 0 Å². The molecule has 0 bridgehead atoms. The Hall–Kier alpha value is -1.55. The van der Waals surface area contributed by atoms with Crippen LogP contribution >= 0.6 is 0 Å². The second-order valence-electron chi connectivity index (χ2n) is 3.23. The summed E-state index contributed by atoms with van der Waals surface area (Å²) in [5, 5.41) is 7.15. The molecule has 0 aromatic carbocycles. The minimum Gasteiger partial charge on any atom is -0.364 e. The molecule has 14 heavy (non-hydrogen) atoms. The third-order valence-corrected chi connectivity index (χ3v) is 1.96. The molecule has 0 aliphatic carbocycles. The van der Waals surface area contributed by atoms with Gasteiger partial charge in [-0.15, -0.1) is 0 Å². The van der Waals surface area contributed by atoms with Crippen LogP contribution in [0.15, 0.2) is 28.9 Å². The summed E-state index contributed by atoms with van der Waals surface area (Å²) in [6.45, 7) is 3.44. The van der Waals surface area contributed by atoms with Gasteiger partial charge in [-0.25, -0.2) is 0 Å². The first-order valence-corrected chi connectivity index (χ1v) is 4.60. The SMILES string of the molecule is Cc1cc(CNCc2ccc[nH]2)no1. The maximum atomic E-state index is 4.95. The zero-order chi connectivity index (χ0) is 9.80. The zero-order valence-corrected chi connectivity index (χ0v) is 8.08. The molecule has 2 N–H and O–H groups in total. The van der Waals surface area contributed by atoms with Crippen LogP contribution in [0, 0.1) is 6.92 Å².